The summed E-state index contributed by atoms with van der Waals surface area (Å²) in [6.45, 7) is 4.97. The number of rotatable bonds is 5. The first-order valence-corrected chi connectivity index (χ1v) is 7.11. The van der Waals surface area contributed by atoms with E-state index in [0.717, 1.165) is 35.4 Å². The Morgan fingerprint density at radius 2 is 2.24 bits per heavy atom. The summed E-state index contributed by atoms with van der Waals surface area (Å²) in [7, 11) is 0. The van der Waals surface area contributed by atoms with Crippen LogP contribution in [-0.2, 0) is 6.42 Å². The van der Waals surface area contributed by atoms with Crippen LogP contribution < -0.4 is 5.32 Å². The van der Waals surface area contributed by atoms with Crippen LogP contribution in [0.5, 0.6) is 0 Å². The van der Waals surface area contributed by atoms with Gasteiger partial charge in [-0.1, -0.05) is 13.8 Å². The van der Waals surface area contributed by atoms with E-state index < -0.39 is 0 Å². The van der Waals surface area contributed by atoms with Crippen LogP contribution in [0.25, 0.3) is 10.2 Å². The first-order valence-electron chi connectivity index (χ1n) is 5.86. The number of halogens is 1. The number of hydrogen-bond acceptors (Lipinski definition) is 4. The Morgan fingerprint density at radius 1 is 1.41 bits per heavy atom. The van der Waals surface area contributed by atoms with Crippen molar-refractivity contribution in [3.05, 3.63) is 17.3 Å². The molecule has 2 heterocycles. The molecule has 0 aromatic carbocycles. The quantitative estimate of drug-likeness (QED) is 0.842. The Bertz CT molecular complexity index is 497. The number of nitrogens with zero attached hydrogens (tertiary/aromatic N) is 2. The van der Waals surface area contributed by atoms with E-state index in [0.29, 0.717) is 0 Å². The lowest BCUT2D eigenvalue weighted by molar-refractivity contribution is 0.841. The summed E-state index contributed by atoms with van der Waals surface area (Å²) in [5.74, 6) is 0.894. The van der Waals surface area contributed by atoms with Crippen LogP contribution >= 0.6 is 22.9 Å². The Balaban J connectivity index is 2.24. The minimum Gasteiger partial charge on any atom is -0.368 e. The highest BCUT2D eigenvalue weighted by Gasteiger charge is 2.08. The Labute approximate surface area is 110 Å². The molecule has 92 valence electrons. The summed E-state index contributed by atoms with van der Waals surface area (Å²) in [5, 5.41) is 4.55. The molecular formula is C12H16ClN3S. The Morgan fingerprint density at radius 3 is 2.94 bits per heavy atom. The van der Waals surface area contributed by atoms with Crippen molar-refractivity contribution in [1.29, 1.82) is 0 Å². The van der Waals surface area contributed by atoms with E-state index in [1.165, 1.54) is 4.88 Å². The number of nitrogens with one attached hydrogen (secondary N) is 1. The fourth-order valence-electron chi connectivity index (χ4n) is 1.57. The average molecular weight is 270 g/mol. The zero-order chi connectivity index (χ0) is 12.3. The van der Waals surface area contributed by atoms with E-state index in [1.807, 2.05) is 0 Å². The maximum Gasteiger partial charge on any atom is 0.138 e. The molecule has 0 aliphatic heterocycles. The second-order valence-corrected chi connectivity index (χ2v) is 5.63. The predicted molar refractivity (Wildman–Crippen MR) is 75.2 cm³/mol. The summed E-state index contributed by atoms with van der Waals surface area (Å²) in [5.41, 5.74) is 0. The third-order valence-electron chi connectivity index (χ3n) is 2.66. The van der Waals surface area contributed by atoms with Gasteiger partial charge in [0.1, 0.15) is 17.0 Å². The summed E-state index contributed by atoms with van der Waals surface area (Å²) < 4.78 is 0. The zero-order valence-corrected chi connectivity index (χ0v) is 11.6. The van der Waals surface area contributed by atoms with E-state index in [1.54, 1.807) is 17.7 Å². The van der Waals surface area contributed by atoms with Crippen LogP contribution in [0.1, 0.15) is 25.1 Å². The van der Waals surface area contributed by atoms with Gasteiger partial charge in [0.15, 0.2) is 0 Å². The molecule has 0 radical (unpaired) electrons. The topological polar surface area (TPSA) is 37.8 Å². The first kappa shape index (κ1) is 12.6. The van der Waals surface area contributed by atoms with Crippen molar-refractivity contribution in [2.45, 2.75) is 32.1 Å². The van der Waals surface area contributed by atoms with Crippen LogP contribution in [0.15, 0.2) is 12.4 Å². The molecular weight excluding hydrogens is 254 g/mol. The number of aryl methyl sites for hydroxylation is 1. The summed E-state index contributed by atoms with van der Waals surface area (Å²) >= 11 is 7.82. The van der Waals surface area contributed by atoms with Crippen molar-refractivity contribution in [2.24, 2.45) is 0 Å². The third kappa shape index (κ3) is 2.87. The third-order valence-corrected chi connectivity index (χ3v) is 4.31. The van der Waals surface area contributed by atoms with E-state index in [9.17, 15) is 0 Å². The molecule has 0 saturated carbocycles. The highest BCUT2D eigenvalue weighted by molar-refractivity contribution is 7.18. The molecule has 0 aliphatic rings. The van der Waals surface area contributed by atoms with Crippen LogP contribution in [0.2, 0.25) is 0 Å². The smallest absolute Gasteiger partial charge is 0.138 e. The minimum atomic E-state index is 0.143. The van der Waals surface area contributed by atoms with Gasteiger partial charge in [-0.15, -0.1) is 22.9 Å². The number of fused-ring (bicyclic) bond motifs is 1. The van der Waals surface area contributed by atoms with Crippen molar-refractivity contribution in [3.63, 3.8) is 0 Å². The molecule has 0 amide bonds. The molecule has 5 heteroatoms. The number of anilines is 1. The van der Waals surface area contributed by atoms with Crippen LogP contribution in [0.3, 0.4) is 0 Å². The van der Waals surface area contributed by atoms with Crippen LogP contribution in [0, 0.1) is 0 Å². The molecule has 2 aromatic heterocycles. The molecule has 0 fully saturated rings. The molecule has 0 saturated heterocycles. The lowest BCUT2D eigenvalue weighted by Gasteiger charge is -2.09. The highest BCUT2D eigenvalue weighted by atomic mass is 35.5. The molecule has 0 spiro atoms. The number of hydrogen-bond donors (Lipinski definition) is 1. The van der Waals surface area contributed by atoms with E-state index in [2.05, 4.69) is 35.2 Å². The largest absolute Gasteiger partial charge is 0.368 e. The Kier molecular flexibility index (Phi) is 4.18. The lowest BCUT2D eigenvalue weighted by Crippen LogP contribution is -2.14. The van der Waals surface area contributed by atoms with Crippen LogP contribution in [-0.4, -0.2) is 21.9 Å². The SMILES string of the molecule is CCc1cc2c(NCC(Cl)CC)ncnc2s1. The second kappa shape index (κ2) is 5.65. The van der Waals surface area contributed by atoms with Crippen molar-refractivity contribution in [3.8, 4) is 0 Å². The molecule has 0 aliphatic carbocycles. The summed E-state index contributed by atoms with van der Waals surface area (Å²) in [4.78, 5) is 11.0. The van der Waals surface area contributed by atoms with Gasteiger partial charge in [-0.05, 0) is 18.9 Å². The first-order chi connectivity index (χ1) is 8.24. The van der Waals surface area contributed by atoms with Gasteiger partial charge in [-0.3, -0.25) is 0 Å². The van der Waals surface area contributed by atoms with E-state index in [-0.39, 0.29) is 5.38 Å². The normalized spacial score (nSPS) is 12.9. The molecule has 1 atom stereocenters. The van der Waals surface area contributed by atoms with Crippen molar-refractivity contribution in [2.75, 3.05) is 11.9 Å². The molecule has 2 aromatic rings. The van der Waals surface area contributed by atoms with E-state index >= 15 is 0 Å². The van der Waals surface area contributed by atoms with Gasteiger partial charge in [0.25, 0.3) is 0 Å². The molecule has 1 N–H and O–H groups in total. The zero-order valence-electron chi connectivity index (χ0n) is 10.0. The molecule has 17 heavy (non-hydrogen) atoms. The minimum absolute atomic E-state index is 0.143. The van der Waals surface area contributed by atoms with Crippen molar-refractivity contribution < 1.29 is 0 Å². The monoisotopic (exact) mass is 269 g/mol. The second-order valence-electron chi connectivity index (χ2n) is 3.89. The molecule has 2 rings (SSSR count). The van der Waals surface area contributed by atoms with Gasteiger partial charge in [-0.2, -0.15) is 0 Å². The van der Waals surface area contributed by atoms with Crippen LogP contribution in [0.4, 0.5) is 5.82 Å². The maximum absolute atomic E-state index is 6.10. The van der Waals surface area contributed by atoms with Crippen molar-refractivity contribution in [1.82, 2.24) is 9.97 Å². The molecule has 1 unspecified atom stereocenters. The number of aromatic nitrogens is 2. The molecule has 0 bridgehead atoms. The van der Waals surface area contributed by atoms with Gasteiger partial charge in [0, 0.05) is 11.4 Å². The van der Waals surface area contributed by atoms with Gasteiger partial charge < -0.3 is 5.32 Å². The summed E-state index contributed by atoms with van der Waals surface area (Å²) in [6.07, 6.45) is 3.59. The lowest BCUT2D eigenvalue weighted by atomic mass is 10.3. The highest BCUT2D eigenvalue weighted by Crippen LogP contribution is 2.28. The average Bonchev–Trinajstić information content (AvgIpc) is 2.79. The molecule has 3 nitrogen and oxygen atoms in total. The van der Waals surface area contributed by atoms with Gasteiger partial charge in [0.2, 0.25) is 0 Å². The van der Waals surface area contributed by atoms with Crippen molar-refractivity contribution >= 4 is 39.0 Å². The number of alkyl halides is 1. The fourth-order valence-corrected chi connectivity index (χ4v) is 2.58. The Hall–Kier alpha value is -0.870. The fraction of sp³-hybridized carbons (Fsp3) is 0.500. The number of thiophene rings is 1. The standard InChI is InChI=1S/C12H16ClN3S/c1-3-8(13)6-14-11-10-5-9(4-2)17-12(10)16-7-15-11/h5,7-8H,3-4,6H2,1-2H3,(H,14,15,16). The van der Waals surface area contributed by atoms with E-state index in [4.69, 9.17) is 11.6 Å². The van der Waals surface area contributed by atoms with Gasteiger partial charge in [0.05, 0.1) is 10.8 Å². The van der Waals surface area contributed by atoms with Gasteiger partial charge in [-0.25, -0.2) is 9.97 Å². The van der Waals surface area contributed by atoms with Gasteiger partial charge >= 0.3 is 0 Å². The maximum atomic E-state index is 6.10. The summed E-state index contributed by atoms with van der Waals surface area (Å²) in [6, 6.07) is 2.16. The predicted octanol–water partition coefficient (Wildman–Crippen LogP) is 3.68.